The number of methoxy groups -OCH3 is 1. The molecule has 126 valence electrons. The van der Waals surface area contributed by atoms with Crippen LogP contribution >= 0.6 is 0 Å². The van der Waals surface area contributed by atoms with Crippen LogP contribution in [0.4, 0.5) is 13.2 Å². The van der Waals surface area contributed by atoms with Gasteiger partial charge in [-0.2, -0.15) is 18.2 Å². The van der Waals surface area contributed by atoms with Gasteiger partial charge in [0.1, 0.15) is 0 Å². The van der Waals surface area contributed by atoms with Crippen LogP contribution in [0.3, 0.4) is 0 Å². The first kappa shape index (κ1) is 17.2. The normalized spacial score (nSPS) is 19.5. The fourth-order valence-electron chi connectivity index (χ4n) is 2.53. The summed E-state index contributed by atoms with van der Waals surface area (Å²) in [7, 11) is 1.58. The van der Waals surface area contributed by atoms with E-state index in [9.17, 15) is 18.3 Å². The Morgan fingerprint density at radius 3 is 2.68 bits per heavy atom. The maximum Gasteiger partial charge on any atom is 0.414 e. The molecular weight excluding hydrogens is 303 g/mol. The molecule has 9 heteroatoms. The molecule has 0 spiro atoms. The summed E-state index contributed by atoms with van der Waals surface area (Å²) in [6, 6.07) is 0. The summed E-state index contributed by atoms with van der Waals surface area (Å²) in [6.45, 7) is 1.84. The SMILES string of the molecule is COCCc1noc(CN2CCC(C(O)C(F)(F)F)CC2)n1. The van der Waals surface area contributed by atoms with Gasteiger partial charge in [0.25, 0.3) is 0 Å². The molecule has 0 aliphatic carbocycles. The monoisotopic (exact) mass is 323 g/mol. The molecule has 1 aromatic rings. The lowest BCUT2D eigenvalue weighted by Crippen LogP contribution is -2.43. The van der Waals surface area contributed by atoms with Crippen LogP contribution in [0.1, 0.15) is 24.6 Å². The summed E-state index contributed by atoms with van der Waals surface area (Å²) in [5, 5.41) is 13.1. The van der Waals surface area contributed by atoms with Gasteiger partial charge in [-0.25, -0.2) is 0 Å². The number of aliphatic hydroxyl groups excluding tert-OH is 1. The van der Waals surface area contributed by atoms with Crippen LogP contribution < -0.4 is 0 Å². The Morgan fingerprint density at radius 2 is 2.09 bits per heavy atom. The molecule has 1 N–H and O–H groups in total. The number of hydrogen-bond donors (Lipinski definition) is 1. The van der Waals surface area contributed by atoms with Gasteiger partial charge in [-0.05, 0) is 31.8 Å². The molecule has 0 bridgehead atoms. The summed E-state index contributed by atoms with van der Waals surface area (Å²) in [6.07, 6.45) is -5.63. The van der Waals surface area contributed by atoms with Gasteiger partial charge in [0.05, 0.1) is 13.2 Å². The van der Waals surface area contributed by atoms with E-state index in [-0.39, 0.29) is 0 Å². The van der Waals surface area contributed by atoms with Crippen molar-refractivity contribution in [3.05, 3.63) is 11.7 Å². The van der Waals surface area contributed by atoms with Crippen molar-refractivity contribution < 1.29 is 27.5 Å². The molecule has 6 nitrogen and oxygen atoms in total. The second-order valence-electron chi connectivity index (χ2n) is 5.45. The van der Waals surface area contributed by atoms with E-state index < -0.39 is 18.2 Å². The van der Waals surface area contributed by atoms with Crippen LogP contribution in [-0.2, 0) is 17.7 Å². The highest BCUT2D eigenvalue weighted by atomic mass is 19.4. The lowest BCUT2D eigenvalue weighted by atomic mass is 9.91. The smallest absolute Gasteiger partial charge is 0.384 e. The molecule has 1 aromatic heterocycles. The van der Waals surface area contributed by atoms with Crippen molar-refractivity contribution in [3.8, 4) is 0 Å². The molecule has 1 atom stereocenters. The van der Waals surface area contributed by atoms with Crippen LogP contribution in [-0.4, -0.2) is 59.2 Å². The van der Waals surface area contributed by atoms with Gasteiger partial charge in [0, 0.05) is 13.5 Å². The van der Waals surface area contributed by atoms with Crippen LogP contribution in [0.25, 0.3) is 0 Å². The summed E-state index contributed by atoms with van der Waals surface area (Å²) >= 11 is 0. The van der Waals surface area contributed by atoms with Crippen LogP contribution in [0.2, 0.25) is 0 Å². The number of halogens is 3. The molecule has 2 heterocycles. The van der Waals surface area contributed by atoms with Crippen LogP contribution in [0.5, 0.6) is 0 Å². The van der Waals surface area contributed by atoms with Gasteiger partial charge in [-0.3, -0.25) is 4.90 Å². The molecule has 0 radical (unpaired) electrons. The van der Waals surface area contributed by atoms with Crippen molar-refractivity contribution in [2.75, 3.05) is 26.8 Å². The number of hydrogen-bond acceptors (Lipinski definition) is 6. The van der Waals surface area contributed by atoms with E-state index in [0.29, 0.717) is 57.2 Å². The highest BCUT2D eigenvalue weighted by Crippen LogP contribution is 2.31. The molecule has 2 rings (SSSR count). The zero-order chi connectivity index (χ0) is 16.2. The highest BCUT2D eigenvalue weighted by Gasteiger charge is 2.44. The zero-order valence-electron chi connectivity index (χ0n) is 12.3. The van der Waals surface area contributed by atoms with E-state index in [0.717, 1.165) is 0 Å². The summed E-state index contributed by atoms with van der Waals surface area (Å²) in [4.78, 5) is 6.16. The highest BCUT2D eigenvalue weighted by molar-refractivity contribution is 4.88. The second kappa shape index (κ2) is 7.38. The fraction of sp³-hybridized carbons (Fsp3) is 0.846. The minimum atomic E-state index is -4.55. The molecular formula is C13H20F3N3O3. The Bertz CT molecular complexity index is 459. The predicted octanol–water partition coefficient (Wildman–Crippen LogP) is 1.39. The average Bonchev–Trinajstić information content (AvgIpc) is 2.92. The van der Waals surface area contributed by atoms with Crippen molar-refractivity contribution in [1.29, 1.82) is 0 Å². The van der Waals surface area contributed by atoms with Crippen molar-refractivity contribution in [3.63, 3.8) is 0 Å². The number of piperidine rings is 1. The number of likely N-dealkylation sites (tertiary alicyclic amines) is 1. The number of rotatable bonds is 6. The molecule has 1 unspecified atom stereocenters. The van der Waals surface area contributed by atoms with E-state index in [2.05, 4.69) is 10.1 Å². The number of aliphatic hydroxyl groups is 1. The van der Waals surface area contributed by atoms with Crippen molar-refractivity contribution >= 4 is 0 Å². The molecule has 1 saturated heterocycles. The summed E-state index contributed by atoms with van der Waals surface area (Å²) in [5.41, 5.74) is 0. The van der Waals surface area contributed by atoms with Crippen molar-refractivity contribution in [2.24, 2.45) is 5.92 Å². The van der Waals surface area contributed by atoms with Crippen molar-refractivity contribution in [2.45, 2.75) is 38.1 Å². The number of ether oxygens (including phenoxy) is 1. The standard InChI is InChI=1S/C13H20F3N3O3/c1-21-7-4-10-17-11(22-18-10)8-19-5-2-9(3-6-19)12(20)13(14,15)16/h9,12,20H,2-8H2,1H3. The van der Waals surface area contributed by atoms with Crippen molar-refractivity contribution in [1.82, 2.24) is 15.0 Å². The quantitative estimate of drug-likeness (QED) is 0.853. The molecule has 0 aromatic carbocycles. The lowest BCUT2D eigenvalue weighted by molar-refractivity contribution is -0.223. The van der Waals surface area contributed by atoms with Gasteiger partial charge in [-0.1, -0.05) is 5.16 Å². The molecule has 1 aliphatic heterocycles. The van der Waals surface area contributed by atoms with E-state index in [4.69, 9.17) is 9.26 Å². The topological polar surface area (TPSA) is 71.6 Å². The third-order valence-corrected chi connectivity index (χ3v) is 3.81. The third kappa shape index (κ3) is 4.65. The van der Waals surface area contributed by atoms with Gasteiger partial charge < -0.3 is 14.4 Å². The Balaban J connectivity index is 1.79. The van der Waals surface area contributed by atoms with E-state index in [1.165, 1.54) is 0 Å². The van der Waals surface area contributed by atoms with Gasteiger partial charge in [-0.15, -0.1) is 0 Å². The fourth-order valence-corrected chi connectivity index (χ4v) is 2.53. The van der Waals surface area contributed by atoms with Crippen LogP contribution in [0.15, 0.2) is 4.52 Å². The van der Waals surface area contributed by atoms with Crippen LogP contribution in [0, 0.1) is 5.92 Å². The average molecular weight is 323 g/mol. The Labute approximate surface area is 126 Å². The number of nitrogens with zero attached hydrogens (tertiary/aromatic N) is 3. The van der Waals surface area contributed by atoms with E-state index in [1.54, 1.807) is 7.11 Å². The summed E-state index contributed by atoms with van der Waals surface area (Å²) < 4.78 is 47.4. The number of alkyl halides is 3. The van der Waals surface area contributed by atoms with E-state index in [1.807, 2.05) is 4.90 Å². The summed E-state index contributed by atoms with van der Waals surface area (Å²) in [5.74, 6) is 0.261. The molecule has 1 aliphatic rings. The van der Waals surface area contributed by atoms with E-state index >= 15 is 0 Å². The third-order valence-electron chi connectivity index (χ3n) is 3.81. The molecule has 22 heavy (non-hydrogen) atoms. The molecule has 0 amide bonds. The number of aromatic nitrogens is 2. The zero-order valence-corrected chi connectivity index (χ0v) is 12.3. The first-order valence-electron chi connectivity index (χ1n) is 7.17. The second-order valence-corrected chi connectivity index (χ2v) is 5.45. The first-order chi connectivity index (χ1) is 10.4. The Morgan fingerprint density at radius 1 is 1.41 bits per heavy atom. The maximum absolute atomic E-state index is 12.5. The minimum absolute atomic E-state index is 0.297. The van der Waals surface area contributed by atoms with Gasteiger partial charge >= 0.3 is 6.18 Å². The molecule has 1 fully saturated rings. The largest absolute Gasteiger partial charge is 0.414 e. The molecule has 0 saturated carbocycles. The minimum Gasteiger partial charge on any atom is -0.384 e. The Hall–Kier alpha value is -1.19. The lowest BCUT2D eigenvalue weighted by Gasteiger charge is -2.33. The van der Waals surface area contributed by atoms with Gasteiger partial charge in [0.15, 0.2) is 11.9 Å². The maximum atomic E-state index is 12.5. The first-order valence-corrected chi connectivity index (χ1v) is 7.17. The predicted molar refractivity (Wildman–Crippen MR) is 69.9 cm³/mol. The van der Waals surface area contributed by atoms with Gasteiger partial charge in [0.2, 0.25) is 5.89 Å². The Kier molecular flexibility index (Phi) is 5.76.